The van der Waals surface area contributed by atoms with Crippen LogP contribution in [-0.2, 0) is 9.53 Å². The van der Waals surface area contributed by atoms with E-state index in [4.69, 9.17) is 4.74 Å². The average molecular weight is 390 g/mol. The highest BCUT2D eigenvalue weighted by Crippen LogP contribution is 2.33. The average Bonchev–Trinajstić information content (AvgIpc) is 3.00. The van der Waals surface area contributed by atoms with Gasteiger partial charge in [-0.05, 0) is 45.7 Å². The Kier molecular flexibility index (Phi) is 6.00. The number of hydrogen-bond acceptors (Lipinski definition) is 6. The highest BCUT2D eigenvalue weighted by atomic mass is 32.1. The fourth-order valence-electron chi connectivity index (χ4n) is 2.95. The van der Waals surface area contributed by atoms with E-state index in [9.17, 15) is 19.2 Å². The Morgan fingerprint density at radius 2 is 1.63 bits per heavy atom. The summed E-state index contributed by atoms with van der Waals surface area (Å²) in [6.45, 7) is 9.30. The third-order valence-electron chi connectivity index (χ3n) is 4.28. The van der Waals surface area contributed by atoms with E-state index in [-0.39, 0.29) is 22.9 Å². The second kappa shape index (κ2) is 7.87. The number of nitrogens with one attached hydrogen (secondary N) is 2. The molecular weight excluding hydrogens is 368 g/mol. The van der Waals surface area contributed by atoms with Gasteiger partial charge in [0.1, 0.15) is 5.00 Å². The molecule has 8 heteroatoms. The number of H-pyrrole nitrogens is 1. The number of aryl methyl sites for hydroxylation is 2. The molecule has 0 radical (unpaired) electrons. The first-order chi connectivity index (χ1) is 12.5. The monoisotopic (exact) mass is 390 g/mol. The Balaban J connectivity index is 2.19. The number of ketones is 2. The molecule has 0 bridgehead atoms. The number of ether oxygens (including phenoxy) is 1. The van der Waals surface area contributed by atoms with Crippen molar-refractivity contribution in [2.75, 3.05) is 11.9 Å². The van der Waals surface area contributed by atoms with Crippen LogP contribution in [0.25, 0.3) is 0 Å². The summed E-state index contributed by atoms with van der Waals surface area (Å²) in [7, 11) is 0. The normalized spacial score (nSPS) is 10.6. The fourth-order valence-corrected chi connectivity index (χ4v) is 4.05. The van der Waals surface area contributed by atoms with Gasteiger partial charge < -0.3 is 15.0 Å². The summed E-state index contributed by atoms with van der Waals surface area (Å²) in [4.78, 5) is 51.8. The van der Waals surface area contributed by atoms with Crippen molar-refractivity contribution in [3.8, 4) is 0 Å². The van der Waals surface area contributed by atoms with Crippen LogP contribution in [0.2, 0.25) is 0 Å². The van der Waals surface area contributed by atoms with Crippen LogP contribution in [0.15, 0.2) is 0 Å². The van der Waals surface area contributed by atoms with E-state index in [1.807, 2.05) is 6.92 Å². The van der Waals surface area contributed by atoms with Gasteiger partial charge in [-0.3, -0.25) is 14.4 Å². The van der Waals surface area contributed by atoms with E-state index in [0.717, 1.165) is 4.88 Å². The second-order valence-corrected chi connectivity index (χ2v) is 7.57. The topological polar surface area (TPSA) is 105 Å². The number of amides is 1. The van der Waals surface area contributed by atoms with Gasteiger partial charge in [0.25, 0.3) is 0 Å². The molecule has 0 aliphatic carbocycles. The first-order valence-corrected chi connectivity index (χ1v) is 9.14. The highest BCUT2D eigenvalue weighted by molar-refractivity contribution is 7.16. The molecule has 144 valence electrons. The van der Waals surface area contributed by atoms with Crippen molar-refractivity contribution >= 4 is 39.8 Å². The molecule has 0 saturated heterocycles. The Morgan fingerprint density at radius 1 is 1.00 bits per heavy atom. The van der Waals surface area contributed by atoms with E-state index in [1.165, 1.54) is 25.2 Å². The number of hydrogen-bond donors (Lipinski definition) is 2. The minimum absolute atomic E-state index is 0.137. The summed E-state index contributed by atoms with van der Waals surface area (Å²) < 4.78 is 5.19. The van der Waals surface area contributed by atoms with Crippen LogP contribution in [0.4, 0.5) is 5.00 Å². The quantitative estimate of drug-likeness (QED) is 0.580. The minimum atomic E-state index is -0.679. The molecule has 0 atom stereocenters. The summed E-state index contributed by atoms with van der Waals surface area (Å²) in [5.74, 6) is -1.54. The third kappa shape index (κ3) is 4.16. The van der Waals surface area contributed by atoms with Gasteiger partial charge in [-0.25, -0.2) is 4.79 Å². The number of rotatable bonds is 6. The number of anilines is 1. The summed E-state index contributed by atoms with van der Waals surface area (Å²) in [6, 6.07) is 0. The third-order valence-corrected chi connectivity index (χ3v) is 5.40. The number of carbonyl (C=O) groups is 4. The maximum absolute atomic E-state index is 12.5. The molecule has 2 N–H and O–H groups in total. The van der Waals surface area contributed by atoms with Crippen molar-refractivity contribution in [3.05, 3.63) is 38.5 Å². The highest BCUT2D eigenvalue weighted by Gasteiger charge is 2.24. The molecule has 0 unspecified atom stereocenters. The summed E-state index contributed by atoms with van der Waals surface area (Å²) in [5.41, 5.74) is 2.83. The lowest BCUT2D eigenvalue weighted by Gasteiger charge is -2.07. The van der Waals surface area contributed by atoms with Crippen molar-refractivity contribution in [3.63, 3.8) is 0 Å². The molecule has 27 heavy (non-hydrogen) atoms. The number of aromatic nitrogens is 1. The molecule has 2 aromatic heterocycles. The van der Waals surface area contributed by atoms with Gasteiger partial charge in [0, 0.05) is 23.1 Å². The Morgan fingerprint density at radius 3 is 2.15 bits per heavy atom. The molecule has 0 aromatic carbocycles. The lowest BCUT2D eigenvalue weighted by Crippen LogP contribution is -2.17. The Labute approximate surface area is 161 Å². The molecule has 0 aliphatic heterocycles. The van der Waals surface area contributed by atoms with Crippen LogP contribution in [0.1, 0.15) is 66.7 Å². The van der Waals surface area contributed by atoms with E-state index in [0.29, 0.717) is 27.4 Å². The number of Topliss-reactive ketones (excluding diaryl/α,β-unsaturated/α-hetero) is 2. The molecule has 2 rings (SSSR count). The SMILES string of the molecule is CC(=O)Nc1sc(C)c(C)c1C(=O)OCC(=O)c1[nH]c(C)c(C(C)=O)c1C. The molecule has 0 aliphatic rings. The number of thiophene rings is 1. The van der Waals surface area contributed by atoms with E-state index < -0.39 is 18.4 Å². The van der Waals surface area contributed by atoms with Crippen LogP contribution in [0.3, 0.4) is 0 Å². The number of carbonyl (C=O) groups excluding carboxylic acids is 4. The van der Waals surface area contributed by atoms with Gasteiger partial charge in [-0.2, -0.15) is 0 Å². The van der Waals surface area contributed by atoms with Gasteiger partial charge in [0.05, 0.1) is 11.3 Å². The zero-order valence-corrected chi connectivity index (χ0v) is 17.0. The van der Waals surface area contributed by atoms with Gasteiger partial charge in [0.15, 0.2) is 12.4 Å². The van der Waals surface area contributed by atoms with Crippen molar-refractivity contribution in [1.29, 1.82) is 0 Å². The molecule has 1 amide bonds. The second-order valence-electron chi connectivity index (χ2n) is 6.35. The van der Waals surface area contributed by atoms with Crippen molar-refractivity contribution in [2.24, 2.45) is 0 Å². The fraction of sp³-hybridized carbons (Fsp3) is 0.368. The van der Waals surface area contributed by atoms with Crippen LogP contribution < -0.4 is 5.32 Å². The zero-order valence-electron chi connectivity index (χ0n) is 16.2. The molecule has 0 spiro atoms. The summed E-state index contributed by atoms with van der Waals surface area (Å²) >= 11 is 1.28. The van der Waals surface area contributed by atoms with Crippen molar-refractivity contribution in [2.45, 2.75) is 41.5 Å². The lowest BCUT2D eigenvalue weighted by molar-refractivity contribution is -0.114. The molecule has 0 saturated carbocycles. The summed E-state index contributed by atoms with van der Waals surface area (Å²) in [6.07, 6.45) is 0. The van der Waals surface area contributed by atoms with Crippen LogP contribution in [0.5, 0.6) is 0 Å². The lowest BCUT2D eigenvalue weighted by atomic mass is 10.1. The van der Waals surface area contributed by atoms with Gasteiger partial charge in [0.2, 0.25) is 11.7 Å². The van der Waals surface area contributed by atoms with E-state index in [1.54, 1.807) is 20.8 Å². The summed E-state index contributed by atoms with van der Waals surface area (Å²) in [5, 5.41) is 3.02. The Hall–Kier alpha value is -2.74. The van der Waals surface area contributed by atoms with Gasteiger partial charge >= 0.3 is 5.97 Å². The number of esters is 1. The molecule has 2 aromatic rings. The molecular formula is C19H22N2O5S. The van der Waals surface area contributed by atoms with E-state index >= 15 is 0 Å². The largest absolute Gasteiger partial charge is 0.454 e. The maximum Gasteiger partial charge on any atom is 0.341 e. The zero-order chi connectivity index (χ0) is 20.5. The maximum atomic E-state index is 12.5. The smallest absolute Gasteiger partial charge is 0.341 e. The first kappa shape index (κ1) is 20.6. The molecule has 7 nitrogen and oxygen atoms in total. The van der Waals surface area contributed by atoms with Gasteiger partial charge in [-0.15, -0.1) is 11.3 Å². The van der Waals surface area contributed by atoms with Crippen LogP contribution >= 0.6 is 11.3 Å². The molecule has 0 fully saturated rings. The predicted molar refractivity (Wildman–Crippen MR) is 103 cm³/mol. The standard InChI is InChI=1S/C19H22N2O5S/c1-8-12(5)27-18(21-13(6)23)16(8)19(25)26-7-14(24)17-9(2)15(11(4)22)10(3)20-17/h20H,7H2,1-6H3,(H,21,23). The predicted octanol–water partition coefficient (Wildman–Crippen LogP) is 3.51. The van der Waals surface area contributed by atoms with Crippen LogP contribution in [-0.4, -0.2) is 35.0 Å². The van der Waals surface area contributed by atoms with E-state index in [2.05, 4.69) is 10.3 Å². The molecule has 2 heterocycles. The van der Waals surface area contributed by atoms with Gasteiger partial charge in [-0.1, -0.05) is 0 Å². The van der Waals surface area contributed by atoms with Crippen molar-refractivity contribution < 1.29 is 23.9 Å². The Bertz CT molecular complexity index is 952. The van der Waals surface area contributed by atoms with Crippen LogP contribution in [0, 0.1) is 27.7 Å². The number of aromatic amines is 1. The first-order valence-electron chi connectivity index (χ1n) is 8.32. The minimum Gasteiger partial charge on any atom is -0.454 e. The van der Waals surface area contributed by atoms with Crippen molar-refractivity contribution in [1.82, 2.24) is 4.98 Å².